The van der Waals surface area contributed by atoms with Gasteiger partial charge in [-0.15, -0.1) is 0 Å². The van der Waals surface area contributed by atoms with Crippen LogP contribution in [0.1, 0.15) is 33.6 Å². The quantitative estimate of drug-likeness (QED) is 0.644. The number of carbonyl (C=O) groups is 1. The predicted molar refractivity (Wildman–Crippen MR) is 51.5 cm³/mol. The van der Waals surface area contributed by atoms with Gasteiger partial charge in [0.25, 0.3) is 0 Å². The maximum absolute atomic E-state index is 10.4. The smallest absolute Gasteiger partial charge is 0.330 e. The number of aliphatic carboxylic acids is 1. The van der Waals surface area contributed by atoms with E-state index >= 15 is 0 Å². The third-order valence-electron chi connectivity index (χ3n) is 2.02. The van der Waals surface area contributed by atoms with Crippen LogP contribution in [0.5, 0.6) is 0 Å². The first-order valence-corrected chi connectivity index (χ1v) is 4.53. The van der Waals surface area contributed by atoms with Crippen molar-refractivity contribution < 1.29 is 15.0 Å². The third-order valence-corrected chi connectivity index (χ3v) is 2.02. The van der Waals surface area contributed by atoms with Gasteiger partial charge in [-0.3, -0.25) is 0 Å². The lowest BCUT2D eigenvalue weighted by molar-refractivity contribution is -0.132. The molecule has 1 unspecified atom stereocenters. The van der Waals surface area contributed by atoms with Gasteiger partial charge >= 0.3 is 5.97 Å². The molecule has 0 rings (SSSR count). The molecule has 0 aromatic rings. The summed E-state index contributed by atoms with van der Waals surface area (Å²) >= 11 is 0. The average Bonchev–Trinajstić information content (AvgIpc) is 2.03. The molecule has 0 amide bonds. The van der Waals surface area contributed by atoms with E-state index in [-0.39, 0.29) is 12.0 Å². The van der Waals surface area contributed by atoms with Gasteiger partial charge in [0.1, 0.15) is 0 Å². The highest BCUT2D eigenvalue weighted by atomic mass is 16.4. The van der Waals surface area contributed by atoms with E-state index in [0.29, 0.717) is 18.4 Å². The van der Waals surface area contributed by atoms with Crippen molar-refractivity contribution in [1.29, 1.82) is 0 Å². The predicted octanol–water partition coefficient (Wildman–Crippen LogP) is 1.81. The molecule has 0 aliphatic heterocycles. The number of carboxylic acids is 1. The molecule has 0 heterocycles. The summed E-state index contributed by atoms with van der Waals surface area (Å²) in [6.45, 7) is 5.45. The largest absolute Gasteiger partial charge is 0.478 e. The van der Waals surface area contributed by atoms with Gasteiger partial charge in [0.15, 0.2) is 0 Å². The minimum atomic E-state index is -0.890. The second-order valence-electron chi connectivity index (χ2n) is 3.58. The lowest BCUT2D eigenvalue weighted by Gasteiger charge is -2.12. The van der Waals surface area contributed by atoms with E-state index in [9.17, 15) is 9.90 Å². The molecule has 1 atom stereocenters. The zero-order valence-electron chi connectivity index (χ0n) is 8.45. The first kappa shape index (κ1) is 12.2. The van der Waals surface area contributed by atoms with Crippen molar-refractivity contribution in [2.75, 3.05) is 0 Å². The van der Waals surface area contributed by atoms with Gasteiger partial charge in [-0.05, 0) is 25.7 Å². The molecule has 0 aromatic heterocycles. The van der Waals surface area contributed by atoms with E-state index in [1.807, 2.05) is 13.8 Å². The molecule has 0 bridgehead atoms. The average molecular weight is 186 g/mol. The zero-order valence-corrected chi connectivity index (χ0v) is 8.45. The van der Waals surface area contributed by atoms with Crippen molar-refractivity contribution in [1.82, 2.24) is 0 Å². The van der Waals surface area contributed by atoms with E-state index in [2.05, 4.69) is 0 Å². The Kier molecular flexibility index (Phi) is 5.39. The molecular formula is C10H18O3. The third kappa shape index (κ3) is 5.42. The van der Waals surface area contributed by atoms with Gasteiger partial charge in [0.05, 0.1) is 6.10 Å². The van der Waals surface area contributed by atoms with Crippen LogP contribution >= 0.6 is 0 Å². The molecule has 0 aromatic carbocycles. The van der Waals surface area contributed by atoms with Crippen LogP contribution in [0, 0.1) is 5.92 Å². The van der Waals surface area contributed by atoms with Gasteiger partial charge in [-0.1, -0.05) is 19.9 Å². The van der Waals surface area contributed by atoms with Crippen molar-refractivity contribution in [2.24, 2.45) is 5.92 Å². The number of allylic oxidation sites excluding steroid dienone is 1. The van der Waals surface area contributed by atoms with Crippen molar-refractivity contribution in [2.45, 2.75) is 39.7 Å². The summed E-state index contributed by atoms with van der Waals surface area (Å²) in [5.74, 6) is -0.655. The van der Waals surface area contributed by atoms with E-state index in [1.165, 1.54) is 0 Å². The van der Waals surface area contributed by atoms with Gasteiger partial charge in [-0.25, -0.2) is 4.79 Å². The summed E-state index contributed by atoms with van der Waals surface area (Å²) < 4.78 is 0. The number of rotatable bonds is 5. The van der Waals surface area contributed by atoms with E-state index < -0.39 is 5.97 Å². The molecule has 76 valence electrons. The summed E-state index contributed by atoms with van der Waals surface area (Å²) in [6, 6.07) is 0. The summed E-state index contributed by atoms with van der Waals surface area (Å²) in [4.78, 5) is 10.4. The second kappa shape index (κ2) is 5.75. The summed E-state index contributed by atoms with van der Waals surface area (Å²) in [6.07, 6.45) is 2.56. The zero-order chi connectivity index (χ0) is 10.4. The normalized spacial score (nSPS) is 14.7. The Hall–Kier alpha value is -0.830. The van der Waals surface area contributed by atoms with Crippen LogP contribution in [-0.2, 0) is 4.79 Å². The van der Waals surface area contributed by atoms with Gasteiger partial charge in [-0.2, -0.15) is 0 Å². The Morgan fingerprint density at radius 1 is 1.46 bits per heavy atom. The lowest BCUT2D eigenvalue weighted by atomic mass is 10.0. The molecule has 0 saturated carbocycles. The van der Waals surface area contributed by atoms with E-state index in [0.717, 1.165) is 0 Å². The highest BCUT2D eigenvalue weighted by molar-refractivity contribution is 5.85. The minimum absolute atomic E-state index is 0.235. The van der Waals surface area contributed by atoms with Crippen molar-refractivity contribution in [3.63, 3.8) is 0 Å². The summed E-state index contributed by atoms with van der Waals surface area (Å²) in [7, 11) is 0. The van der Waals surface area contributed by atoms with Crippen LogP contribution < -0.4 is 0 Å². The Morgan fingerprint density at radius 2 is 2.00 bits per heavy atom. The van der Waals surface area contributed by atoms with Gasteiger partial charge < -0.3 is 10.2 Å². The molecule has 0 saturated heterocycles. The topological polar surface area (TPSA) is 57.5 Å². The van der Waals surface area contributed by atoms with Crippen molar-refractivity contribution in [3.8, 4) is 0 Å². The van der Waals surface area contributed by atoms with Gasteiger partial charge in [0, 0.05) is 5.57 Å². The van der Waals surface area contributed by atoms with Crippen LogP contribution in [-0.4, -0.2) is 22.3 Å². The fourth-order valence-electron chi connectivity index (χ4n) is 0.891. The molecule has 0 aliphatic carbocycles. The van der Waals surface area contributed by atoms with Crippen LogP contribution in [0.15, 0.2) is 11.6 Å². The highest BCUT2D eigenvalue weighted by Gasteiger charge is 2.07. The molecule has 13 heavy (non-hydrogen) atoms. The number of carboxylic acid groups (broad SMARTS) is 1. The standard InChI is InChI=1S/C10H18O3/c1-7(2)9(11)6-4-5-8(3)10(12)13/h5,7,9,11H,4,6H2,1-3H3,(H,12,13). The first-order valence-electron chi connectivity index (χ1n) is 4.53. The molecule has 0 aliphatic rings. The SMILES string of the molecule is CC(=CCCC(O)C(C)C)C(=O)O. The maximum atomic E-state index is 10.4. The molecule has 0 spiro atoms. The Balaban J connectivity index is 3.79. The Bertz CT molecular complexity index is 194. The van der Waals surface area contributed by atoms with E-state index in [1.54, 1.807) is 13.0 Å². The molecule has 2 N–H and O–H groups in total. The number of aliphatic hydroxyl groups excluding tert-OH is 1. The van der Waals surface area contributed by atoms with Gasteiger partial charge in [0.2, 0.25) is 0 Å². The number of aliphatic hydroxyl groups is 1. The molecule has 3 nitrogen and oxygen atoms in total. The van der Waals surface area contributed by atoms with Crippen molar-refractivity contribution in [3.05, 3.63) is 11.6 Å². The highest BCUT2D eigenvalue weighted by Crippen LogP contribution is 2.09. The van der Waals surface area contributed by atoms with Crippen LogP contribution in [0.25, 0.3) is 0 Å². The summed E-state index contributed by atoms with van der Waals surface area (Å²) in [5.41, 5.74) is 0.343. The second-order valence-corrected chi connectivity index (χ2v) is 3.58. The van der Waals surface area contributed by atoms with Crippen LogP contribution in [0.4, 0.5) is 0 Å². The number of hydrogen-bond acceptors (Lipinski definition) is 2. The van der Waals surface area contributed by atoms with Crippen LogP contribution in [0.3, 0.4) is 0 Å². The minimum Gasteiger partial charge on any atom is -0.478 e. The fourth-order valence-corrected chi connectivity index (χ4v) is 0.891. The first-order chi connectivity index (χ1) is 5.95. The maximum Gasteiger partial charge on any atom is 0.330 e. The molecular weight excluding hydrogens is 168 g/mol. The fraction of sp³-hybridized carbons (Fsp3) is 0.700. The summed E-state index contributed by atoms with van der Waals surface area (Å²) in [5, 5.41) is 17.9. The molecule has 3 heteroatoms. The van der Waals surface area contributed by atoms with Crippen LogP contribution in [0.2, 0.25) is 0 Å². The van der Waals surface area contributed by atoms with Crippen molar-refractivity contribution >= 4 is 5.97 Å². The number of hydrogen-bond donors (Lipinski definition) is 2. The Labute approximate surface area is 79.1 Å². The monoisotopic (exact) mass is 186 g/mol. The van der Waals surface area contributed by atoms with E-state index in [4.69, 9.17) is 5.11 Å². The lowest BCUT2D eigenvalue weighted by Crippen LogP contribution is -2.13. The molecule has 0 radical (unpaired) electrons. The molecule has 0 fully saturated rings. The Morgan fingerprint density at radius 3 is 2.38 bits per heavy atom.